The maximum atomic E-state index is 11.8. The van der Waals surface area contributed by atoms with Gasteiger partial charge in [-0.1, -0.05) is 11.6 Å². The second kappa shape index (κ2) is 7.19. The Labute approximate surface area is 134 Å². The largest absolute Gasteiger partial charge is 0.489 e. The lowest BCUT2D eigenvalue weighted by molar-refractivity contribution is -0.142. The van der Waals surface area contributed by atoms with E-state index in [4.69, 9.17) is 31.1 Å². The van der Waals surface area contributed by atoms with E-state index in [0.29, 0.717) is 35.3 Å². The number of nitriles is 1. The number of fused-ring (bicyclic) bond motifs is 1. The summed E-state index contributed by atoms with van der Waals surface area (Å²) < 4.78 is 16.1. The van der Waals surface area contributed by atoms with Crippen LogP contribution in [0, 0.1) is 11.3 Å². The first-order valence-electron chi connectivity index (χ1n) is 6.93. The van der Waals surface area contributed by atoms with Gasteiger partial charge in [0, 0.05) is 6.42 Å². The van der Waals surface area contributed by atoms with Crippen LogP contribution in [0.15, 0.2) is 17.7 Å². The van der Waals surface area contributed by atoms with Gasteiger partial charge in [0.05, 0.1) is 24.3 Å². The van der Waals surface area contributed by atoms with Crippen molar-refractivity contribution in [3.63, 3.8) is 0 Å². The third-order valence-corrected chi connectivity index (χ3v) is 3.10. The van der Waals surface area contributed by atoms with Crippen molar-refractivity contribution in [1.82, 2.24) is 0 Å². The Morgan fingerprint density at radius 1 is 1.41 bits per heavy atom. The minimum absolute atomic E-state index is 0.0979. The average Bonchev–Trinajstić information content (AvgIpc) is 2.69. The van der Waals surface area contributed by atoms with Crippen molar-refractivity contribution in [3.05, 3.63) is 28.3 Å². The molecule has 1 aromatic rings. The standard InChI is InChI=1S/C16H16ClNO4/c1-10(2)22-16(19)12(9-18)6-11-7-13(17)15-14(8-11)20-4-3-5-21-15/h6-8,10H,3-5H2,1-2H3/b12-6+. The Kier molecular flexibility index (Phi) is 5.29. The summed E-state index contributed by atoms with van der Waals surface area (Å²) in [7, 11) is 0. The molecule has 0 N–H and O–H groups in total. The SMILES string of the molecule is CC(C)OC(=O)/C(C#N)=C/c1cc(Cl)c2c(c1)OCCCO2. The molecule has 116 valence electrons. The van der Waals surface area contributed by atoms with Gasteiger partial charge in [0.2, 0.25) is 0 Å². The van der Waals surface area contributed by atoms with Crippen molar-refractivity contribution < 1.29 is 19.0 Å². The molecule has 0 unspecified atom stereocenters. The Bertz CT molecular complexity index is 646. The summed E-state index contributed by atoms with van der Waals surface area (Å²) in [5.41, 5.74) is 0.478. The van der Waals surface area contributed by atoms with Crippen LogP contribution in [0.1, 0.15) is 25.8 Å². The molecule has 0 saturated heterocycles. The smallest absolute Gasteiger partial charge is 0.349 e. The Hall–Kier alpha value is -2.19. The molecular formula is C16H16ClNO4. The van der Waals surface area contributed by atoms with Crippen molar-refractivity contribution >= 4 is 23.6 Å². The lowest BCUT2D eigenvalue weighted by Crippen LogP contribution is -2.12. The fourth-order valence-electron chi connectivity index (χ4n) is 1.92. The molecule has 0 aromatic heterocycles. The van der Waals surface area contributed by atoms with Crippen molar-refractivity contribution in [2.45, 2.75) is 26.4 Å². The fourth-order valence-corrected chi connectivity index (χ4v) is 2.19. The first-order chi connectivity index (χ1) is 10.5. The maximum absolute atomic E-state index is 11.8. The highest BCUT2D eigenvalue weighted by Crippen LogP contribution is 2.38. The van der Waals surface area contributed by atoms with Gasteiger partial charge in [-0.3, -0.25) is 0 Å². The van der Waals surface area contributed by atoms with E-state index >= 15 is 0 Å². The monoisotopic (exact) mass is 321 g/mol. The molecule has 0 bridgehead atoms. The van der Waals surface area contributed by atoms with Gasteiger partial charge in [0.15, 0.2) is 11.5 Å². The lowest BCUT2D eigenvalue weighted by atomic mass is 10.1. The first-order valence-corrected chi connectivity index (χ1v) is 7.31. The molecule has 2 rings (SSSR count). The number of esters is 1. The Morgan fingerprint density at radius 2 is 2.14 bits per heavy atom. The summed E-state index contributed by atoms with van der Waals surface area (Å²) in [4.78, 5) is 11.8. The average molecular weight is 322 g/mol. The van der Waals surface area contributed by atoms with E-state index < -0.39 is 5.97 Å². The lowest BCUT2D eigenvalue weighted by Gasteiger charge is -2.10. The van der Waals surface area contributed by atoms with Gasteiger partial charge in [-0.15, -0.1) is 0 Å². The van der Waals surface area contributed by atoms with Crippen molar-refractivity contribution in [1.29, 1.82) is 5.26 Å². The summed E-state index contributed by atoms with van der Waals surface area (Å²) in [5.74, 6) is 0.325. The van der Waals surface area contributed by atoms with E-state index in [1.807, 2.05) is 6.07 Å². The summed E-state index contributed by atoms with van der Waals surface area (Å²) in [5, 5.41) is 9.49. The molecule has 0 radical (unpaired) electrons. The molecule has 0 amide bonds. The maximum Gasteiger partial charge on any atom is 0.349 e. The number of carbonyl (C=O) groups is 1. The number of halogens is 1. The number of benzene rings is 1. The van der Waals surface area contributed by atoms with Crippen LogP contribution in [0.2, 0.25) is 5.02 Å². The topological polar surface area (TPSA) is 68.6 Å². The molecule has 5 nitrogen and oxygen atoms in total. The van der Waals surface area contributed by atoms with Crippen LogP contribution in [-0.4, -0.2) is 25.3 Å². The van der Waals surface area contributed by atoms with E-state index in [-0.39, 0.29) is 11.7 Å². The predicted octanol–water partition coefficient (Wildman–Crippen LogP) is 3.36. The number of rotatable bonds is 3. The molecular weight excluding hydrogens is 306 g/mol. The van der Waals surface area contributed by atoms with E-state index in [0.717, 1.165) is 6.42 Å². The third kappa shape index (κ3) is 3.92. The fraction of sp³-hybridized carbons (Fsp3) is 0.375. The highest BCUT2D eigenvalue weighted by molar-refractivity contribution is 6.32. The quantitative estimate of drug-likeness (QED) is 0.485. The van der Waals surface area contributed by atoms with Gasteiger partial charge in [-0.25, -0.2) is 4.79 Å². The van der Waals surface area contributed by atoms with Crippen LogP contribution in [0.3, 0.4) is 0 Å². The molecule has 0 saturated carbocycles. The van der Waals surface area contributed by atoms with Crippen LogP contribution in [0.5, 0.6) is 11.5 Å². The van der Waals surface area contributed by atoms with Gasteiger partial charge in [0.1, 0.15) is 11.6 Å². The molecule has 22 heavy (non-hydrogen) atoms. The molecule has 0 spiro atoms. The molecule has 1 aliphatic heterocycles. The Morgan fingerprint density at radius 3 is 2.82 bits per heavy atom. The third-order valence-electron chi connectivity index (χ3n) is 2.82. The summed E-state index contributed by atoms with van der Waals surface area (Å²) in [6.45, 7) is 4.50. The van der Waals surface area contributed by atoms with Gasteiger partial charge in [0.25, 0.3) is 0 Å². The highest BCUT2D eigenvalue weighted by atomic mass is 35.5. The van der Waals surface area contributed by atoms with Crippen LogP contribution in [-0.2, 0) is 9.53 Å². The van der Waals surface area contributed by atoms with Crippen LogP contribution < -0.4 is 9.47 Å². The summed E-state index contributed by atoms with van der Waals surface area (Å²) >= 11 is 6.18. The second-order valence-corrected chi connectivity index (χ2v) is 5.41. The van der Waals surface area contributed by atoms with E-state index in [1.165, 1.54) is 6.08 Å². The number of nitrogens with zero attached hydrogens (tertiary/aromatic N) is 1. The zero-order valence-corrected chi connectivity index (χ0v) is 13.1. The predicted molar refractivity (Wildman–Crippen MR) is 81.9 cm³/mol. The highest BCUT2D eigenvalue weighted by Gasteiger charge is 2.17. The van der Waals surface area contributed by atoms with Gasteiger partial charge in [-0.05, 0) is 37.6 Å². The molecule has 1 aliphatic rings. The first kappa shape index (κ1) is 16.2. The van der Waals surface area contributed by atoms with Crippen molar-refractivity contribution in [2.75, 3.05) is 13.2 Å². The van der Waals surface area contributed by atoms with E-state index in [1.54, 1.807) is 26.0 Å². The van der Waals surface area contributed by atoms with Gasteiger partial charge >= 0.3 is 5.97 Å². The molecule has 0 atom stereocenters. The molecule has 1 heterocycles. The summed E-state index contributed by atoms with van der Waals surface area (Å²) in [6.07, 6.45) is 1.89. The second-order valence-electron chi connectivity index (χ2n) is 5.00. The van der Waals surface area contributed by atoms with E-state index in [2.05, 4.69) is 0 Å². The molecule has 0 aliphatic carbocycles. The molecule has 6 heteroatoms. The summed E-state index contributed by atoms with van der Waals surface area (Å²) in [6, 6.07) is 5.15. The normalized spacial score (nSPS) is 14.2. The number of hydrogen-bond acceptors (Lipinski definition) is 5. The van der Waals surface area contributed by atoms with Crippen LogP contribution in [0.25, 0.3) is 6.08 Å². The zero-order chi connectivity index (χ0) is 16.1. The molecule has 0 fully saturated rings. The number of ether oxygens (including phenoxy) is 3. The van der Waals surface area contributed by atoms with E-state index in [9.17, 15) is 4.79 Å². The zero-order valence-electron chi connectivity index (χ0n) is 12.4. The number of carbonyl (C=O) groups excluding carboxylic acids is 1. The van der Waals surface area contributed by atoms with Crippen molar-refractivity contribution in [3.8, 4) is 17.6 Å². The minimum Gasteiger partial charge on any atom is -0.489 e. The van der Waals surface area contributed by atoms with Gasteiger partial charge in [-0.2, -0.15) is 5.26 Å². The van der Waals surface area contributed by atoms with Gasteiger partial charge < -0.3 is 14.2 Å². The van der Waals surface area contributed by atoms with Crippen LogP contribution in [0.4, 0.5) is 0 Å². The van der Waals surface area contributed by atoms with Crippen molar-refractivity contribution in [2.24, 2.45) is 0 Å². The van der Waals surface area contributed by atoms with Crippen LogP contribution >= 0.6 is 11.6 Å². The number of hydrogen-bond donors (Lipinski definition) is 0. The molecule has 1 aromatic carbocycles. The Balaban J connectivity index is 2.34. The minimum atomic E-state index is -0.666.